The molecule has 1 unspecified atom stereocenters. The van der Waals surface area contributed by atoms with Crippen LogP contribution in [0.1, 0.15) is 12.5 Å². The van der Waals surface area contributed by atoms with Crippen molar-refractivity contribution in [3.05, 3.63) is 42.2 Å². The van der Waals surface area contributed by atoms with Gasteiger partial charge in [0.2, 0.25) is 0 Å². The summed E-state index contributed by atoms with van der Waals surface area (Å²) in [7, 11) is 0. The van der Waals surface area contributed by atoms with Gasteiger partial charge in [0.15, 0.2) is 0 Å². The lowest BCUT2D eigenvalue weighted by Crippen LogP contribution is -2.39. The fourth-order valence-corrected chi connectivity index (χ4v) is 3.66. The van der Waals surface area contributed by atoms with Crippen LogP contribution in [-0.2, 0) is 11.2 Å². The average Bonchev–Trinajstić information content (AvgIpc) is 2.98. The molecule has 25 heavy (non-hydrogen) atoms. The van der Waals surface area contributed by atoms with Crippen molar-refractivity contribution in [1.82, 2.24) is 14.9 Å². The quantitative estimate of drug-likeness (QED) is 0.902. The van der Waals surface area contributed by atoms with Gasteiger partial charge >= 0.3 is 0 Å². The molecule has 0 radical (unpaired) electrons. The number of nitrogens with one attached hydrogen (secondary N) is 1. The van der Waals surface area contributed by atoms with Gasteiger partial charge in [-0.15, -0.1) is 0 Å². The van der Waals surface area contributed by atoms with Gasteiger partial charge in [-0.2, -0.15) is 0 Å². The highest BCUT2D eigenvalue weighted by Crippen LogP contribution is 2.37. The lowest BCUT2D eigenvalue weighted by Gasteiger charge is -2.26. The molecule has 6 heteroatoms. The maximum atomic E-state index is 5.39. The highest BCUT2D eigenvalue weighted by molar-refractivity contribution is 5.69. The number of rotatable bonds is 5. The van der Waals surface area contributed by atoms with E-state index in [-0.39, 0.29) is 0 Å². The lowest BCUT2D eigenvalue weighted by atomic mass is 10.1. The fourth-order valence-electron chi connectivity index (χ4n) is 3.66. The summed E-state index contributed by atoms with van der Waals surface area (Å²) in [5, 5.41) is 3.43. The fraction of sp³-hybridized carbons (Fsp3) is 0.474. The molecule has 2 aromatic rings. The van der Waals surface area contributed by atoms with Crippen LogP contribution in [0.3, 0.4) is 0 Å². The first-order chi connectivity index (χ1) is 12.3. The Kier molecular flexibility index (Phi) is 4.81. The molecule has 1 fully saturated rings. The predicted octanol–water partition coefficient (Wildman–Crippen LogP) is 2.30. The summed E-state index contributed by atoms with van der Waals surface area (Å²) in [4.78, 5) is 13.6. The van der Waals surface area contributed by atoms with E-state index in [1.165, 1.54) is 11.3 Å². The average molecular weight is 339 g/mol. The maximum Gasteiger partial charge on any atom is 0.138 e. The molecule has 0 spiro atoms. The second-order valence-electron chi connectivity index (χ2n) is 6.69. The van der Waals surface area contributed by atoms with Crippen molar-refractivity contribution < 1.29 is 4.74 Å². The van der Waals surface area contributed by atoms with E-state index in [1.54, 1.807) is 6.33 Å². The zero-order valence-corrected chi connectivity index (χ0v) is 14.7. The molecule has 0 amide bonds. The molecule has 2 aliphatic rings. The van der Waals surface area contributed by atoms with Gasteiger partial charge in [0.05, 0.1) is 13.2 Å². The standard InChI is InChI=1S/C19H25N5O/c1-15-12-16-4-2-3-5-17(16)24(15)19-13-18(21-14-22-19)20-6-7-23-8-10-25-11-9-23/h2-5,13-15H,6-12H2,1H3,(H,20,21,22). The largest absolute Gasteiger partial charge is 0.379 e. The second kappa shape index (κ2) is 7.37. The Morgan fingerprint density at radius 2 is 2.04 bits per heavy atom. The van der Waals surface area contributed by atoms with Crippen molar-refractivity contribution in [2.24, 2.45) is 0 Å². The molecule has 3 heterocycles. The molecule has 1 saturated heterocycles. The molecular formula is C19H25N5O. The van der Waals surface area contributed by atoms with Crippen LogP contribution in [0.15, 0.2) is 36.7 Å². The van der Waals surface area contributed by atoms with E-state index in [0.717, 1.165) is 57.4 Å². The van der Waals surface area contributed by atoms with Crippen LogP contribution in [0.2, 0.25) is 0 Å². The molecular weight excluding hydrogens is 314 g/mol. The Morgan fingerprint density at radius 3 is 2.92 bits per heavy atom. The third-order valence-electron chi connectivity index (χ3n) is 4.94. The van der Waals surface area contributed by atoms with E-state index in [4.69, 9.17) is 4.74 Å². The summed E-state index contributed by atoms with van der Waals surface area (Å²) in [6.45, 7) is 7.83. The number of nitrogens with zero attached hydrogens (tertiary/aromatic N) is 4. The molecule has 4 rings (SSSR count). The Bertz CT molecular complexity index is 716. The summed E-state index contributed by atoms with van der Waals surface area (Å²) in [6.07, 6.45) is 2.71. The summed E-state index contributed by atoms with van der Waals surface area (Å²) in [5.74, 6) is 1.84. The normalized spacial score (nSPS) is 20.5. The number of hydrogen-bond acceptors (Lipinski definition) is 6. The van der Waals surface area contributed by atoms with Gasteiger partial charge in [-0.3, -0.25) is 4.90 Å². The van der Waals surface area contributed by atoms with Crippen molar-refractivity contribution in [2.75, 3.05) is 49.6 Å². The number of fused-ring (bicyclic) bond motifs is 1. The van der Waals surface area contributed by atoms with E-state index in [9.17, 15) is 0 Å². The van der Waals surface area contributed by atoms with Crippen molar-refractivity contribution in [3.8, 4) is 0 Å². The number of ether oxygens (including phenoxy) is 1. The summed E-state index contributed by atoms with van der Waals surface area (Å²) in [5.41, 5.74) is 2.64. The van der Waals surface area contributed by atoms with Gasteiger partial charge in [0.1, 0.15) is 18.0 Å². The second-order valence-corrected chi connectivity index (χ2v) is 6.69. The van der Waals surface area contributed by atoms with Gasteiger partial charge in [-0.05, 0) is 25.0 Å². The monoisotopic (exact) mass is 339 g/mol. The lowest BCUT2D eigenvalue weighted by molar-refractivity contribution is 0.0398. The molecule has 1 N–H and O–H groups in total. The van der Waals surface area contributed by atoms with Crippen LogP contribution in [0.25, 0.3) is 0 Å². The topological polar surface area (TPSA) is 53.5 Å². The highest BCUT2D eigenvalue weighted by Gasteiger charge is 2.27. The molecule has 132 valence electrons. The molecule has 6 nitrogen and oxygen atoms in total. The number of para-hydroxylation sites is 1. The minimum atomic E-state index is 0.411. The van der Waals surface area contributed by atoms with Crippen LogP contribution in [0.5, 0.6) is 0 Å². The Hall–Kier alpha value is -2.18. The molecule has 1 atom stereocenters. The Labute approximate surface area is 148 Å². The molecule has 1 aromatic carbocycles. The predicted molar refractivity (Wildman–Crippen MR) is 99.5 cm³/mol. The van der Waals surface area contributed by atoms with E-state index >= 15 is 0 Å². The number of aromatic nitrogens is 2. The first-order valence-corrected chi connectivity index (χ1v) is 9.04. The summed E-state index contributed by atoms with van der Waals surface area (Å²) >= 11 is 0. The van der Waals surface area contributed by atoms with Crippen molar-refractivity contribution in [1.29, 1.82) is 0 Å². The minimum absolute atomic E-state index is 0.411. The zero-order chi connectivity index (χ0) is 17.1. The van der Waals surface area contributed by atoms with E-state index in [2.05, 4.69) is 62.3 Å². The third kappa shape index (κ3) is 3.60. The van der Waals surface area contributed by atoms with Gasteiger partial charge in [-0.1, -0.05) is 18.2 Å². The third-order valence-corrected chi connectivity index (χ3v) is 4.94. The van der Waals surface area contributed by atoms with Gasteiger partial charge in [-0.25, -0.2) is 9.97 Å². The molecule has 1 aromatic heterocycles. The number of benzene rings is 1. The van der Waals surface area contributed by atoms with Crippen LogP contribution < -0.4 is 10.2 Å². The summed E-state index contributed by atoms with van der Waals surface area (Å²) < 4.78 is 5.39. The zero-order valence-electron chi connectivity index (χ0n) is 14.7. The number of anilines is 3. The molecule has 0 saturated carbocycles. The van der Waals surface area contributed by atoms with E-state index in [1.807, 2.05) is 0 Å². The minimum Gasteiger partial charge on any atom is -0.379 e. The van der Waals surface area contributed by atoms with E-state index < -0.39 is 0 Å². The Morgan fingerprint density at radius 1 is 1.20 bits per heavy atom. The maximum absolute atomic E-state index is 5.39. The van der Waals surface area contributed by atoms with Crippen LogP contribution in [0.4, 0.5) is 17.3 Å². The van der Waals surface area contributed by atoms with Crippen molar-refractivity contribution in [3.63, 3.8) is 0 Å². The number of morpholine rings is 1. The van der Waals surface area contributed by atoms with Gasteiger partial charge in [0.25, 0.3) is 0 Å². The highest BCUT2D eigenvalue weighted by atomic mass is 16.5. The van der Waals surface area contributed by atoms with Crippen molar-refractivity contribution in [2.45, 2.75) is 19.4 Å². The van der Waals surface area contributed by atoms with Gasteiger partial charge < -0.3 is 15.0 Å². The Balaban J connectivity index is 1.43. The van der Waals surface area contributed by atoms with E-state index in [0.29, 0.717) is 6.04 Å². The van der Waals surface area contributed by atoms with Gasteiger partial charge in [0, 0.05) is 44.0 Å². The molecule has 2 aliphatic heterocycles. The smallest absolute Gasteiger partial charge is 0.138 e. The first-order valence-electron chi connectivity index (χ1n) is 9.04. The SMILES string of the molecule is CC1Cc2ccccc2N1c1cc(NCCN2CCOCC2)ncn1. The summed E-state index contributed by atoms with van der Waals surface area (Å²) in [6, 6.07) is 11.0. The van der Waals surface area contributed by atoms with Crippen LogP contribution in [-0.4, -0.2) is 60.3 Å². The molecule has 0 aliphatic carbocycles. The first kappa shape index (κ1) is 16.3. The molecule has 0 bridgehead atoms. The van der Waals surface area contributed by atoms with Crippen molar-refractivity contribution >= 4 is 17.3 Å². The van der Waals surface area contributed by atoms with Crippen LogP contribution >= 0.6 is 0 Å². The number of hydrogen-bond donors (Lipinski definition) is 1. The van der Waals surface area contributed by atoms with Crippen LogP contribution in [0, 0.1) is 0 Å².